The molecule has 0 spiro atoms. The zero-order valence-electron chi connectivity index (χ0n) is 12.1. The van der Waals surface area contributed by atoms with E-state index in [2.05, 4.69) is 0 Å². The molecule has 3 nitrogen and oxygen atoms in total. The van der Waals surface area contributed by atoms with Gasteiger partial charge < -0.3 is 0 Å². The molecule has 0 aliphatic carbocycles. The second kappa shape index (κ2) is 6.48. The van der Waals surface area contributed by atoms with Crippen molar-refractivity contribution in [1.82, 2.24) is 4.31 Å². The van der Waals surface area contributed by atoms with Crippen LogP contribution in [0.3, 0.4) is 0 Å². The van der Waals surface area contributed by atoms with Gasteiger partial charge in [0.2, 0.25) is 10.0 Å². The molecule has 1 aromatic heterocycles. The molecule has 2 heterocycles. The molecule has 2 aromatic rings. The highest BCUT2D eigenvalue weighted by Crippen LogP contribution is 2.36. The fraction of sp³-hybridized carbons (Fsp3) is 0.375. The van der Waals surface area contributed by atoms with Crippen molar-refractivity contribution in [3.63, 3.8) is 0 Å². The summed E-state index contributed by atoms with van der Waals surface area (Å²) in [6, 6.07) is 9.32. The fourth-order valence-electron chi connectivity index (χ4n) is 2.91. The second-order valence-corrected chi connectivity index (χ2v) is 8.26. The smallest absolute Gasteiger partial charge is 0.207 e. The predicted octanol–water partition coefficient (Wildman–Crippen LogP) is 4.19. The van der Waals surface area contributed by atoms with Gasteiger partial charge in [-0.1, -0.05) is 31.0 Å². The predicted molar refractivity (Wildman–Crippen MR) is 85.8 cm³/mol. The van der Waals surface area contributed by atoms with Crippen LogP contribution in [0.1, 0.15) is 36.6 Å². The van der Waals surface area contributed by atoms with Gasteiger partial charge >= 0.3 is 0 Å². The normalized spacial score (nSPS) is 20.7. The molecule has 0 unspecified atom stereocenters. The molecular formula is C16H18FNO2S2. The van der Waals surface area contributed by atoms with Gasteiger partial charge in [0.15, 0.2) is 0 Å². The van der Waals surface area contributed by atoms with Gasteiger partial charge in [-0.3, -0.25) is 0 Å². The van der Waals surface area contributed by atoms with E-state index in [4.69, 9.17) is 0 Å². The van der Waals surface area contributed by atoms with Crippen LogP contribution < -0.4 is 0 Å². The Bertz CT molecular complexity index is 728. The molecular weight excluding hydrogens is 321 g/mol. The third-order valence-corrected chi connectivity index (χ3v) is 6.91. The van der Waals surface area contributed by atoms with E-state index in [1.54, 1.807) is 17.4 Å². The minimum atomic E-state index is -3.83. The lowest BCUT2D eigenvalue weighted by molar-refractivity contribution is 0.331. The number of sulfonamides is 1. The molecule has 1 fully saturated rings. The van der Waals surface area contributed by atoms with Gasteiger partial charge in [-0.15, -0.1) is 11.3 Å². The third kappa shape index (κ3) is 2.95. The van der Waals surface area contributed by atoms with Crippen molar-refractivity contribution in [1.29, 1.82) is 0 Å². The van der Waals surface area contributed by atoms with E-state index in [9.17, 15) is 12.8 Å². The Kier molecular flexibility index (Phi) is 4.61. The summed E-state index contributed by atoms with van der Waals surface area (Å²) in [5.41, 5.74) is 0. The Morgan fingerprint density at radius 3 is 2.64 bits per heavy atom. The molecule has 1 aromatic carbocycles. The van der Waals surface area contributed by atoms with E-state index in [0.717, 1.165) is 30.6 Å². The Hall–Kier alpha value is -1.24. The van der Waals surface area contributed by atoms with E-state index < -0.39 is 15.8 Å². The Balaban J connectivity index is 2.04. The maximum atomic E-state index is 14.0. The third-order valence-electron chi connectivity index (χ3n) is 4.00. The first-order chi connectivity index (χ1) is 10.6. The van der Waals surface area contributed by atoms with Gasteiger partial charge in [-0.2, -0.15) is 4.31 Å². The Labute approximate surface area is 134 Å². The van der Waals surface area contributed by atoms with Crippen LogP contribution in [0.25, 0.3) is 0 Å². The van der Waals surface area contributed by atoms with Crippen LogP contribution in [-0.2, 0) is 10.0 Å². The molecule has 6 heteroatoms. The summed E-state index contributed by atoms with van der Waals surface area (Å²) in [5, 5.41) is 1.95. The van der Waals surface area contributed by atoms with Crippen LogP contribution in [0.4, 0.5) is 4.39 Å². The van der Waals surface area contributed by atoms with Crippen LogP contribution in [-0.4, -0.2) is 19.3 Å². The number of hydrogen-bond acceptors (Lipinski definition) is 3. The molecule has 0 saturated carbocycles. The number of rotatable bonds is 3. The van der Waals surface area contributed by atoms with Gasteiger partial charge in [0.1, 0.15) is 10.7 Å². The first-order valence-corrected chi connectivity index (χ1v) is 9.72. The van der Waals surface area contributed by atoms with Crippen LogP contribution in [0.2, 0.25) is 0 Å². The second-order valence-electron chi connectivity index (χ2n) is 5.43. The fourth-order valence-corrected chi connectivity index (χ4v) is 5.60. The zero-order valence-corrected chi connectivity index (χ0v) is 13.7. The standard InChI is InChI=1S/C16H18FNO2S2/c17-13-7-3-4-10-16(13)22(19,20)18-11-5-1-2-8-14(18)15-9-6-12-21-15/h3-4,6-7,9-10,12,14H,1-2,5,8,11H2/t14-/m0/s1. The van der Waals surface area contributed by atoms with E-state index in [1.807, 2.05) is 17.5 Å². The average Bonchev–Trinajstić information content (AvgIpc) is 2.91. The summed E-state index contributed by atoms with van der Waals surface area (Å²) in [5.74, 6) is -0.684. The lowest BCUT2D eigenvalue weighted by Crippen LogP contribution is -2.35. The number of benzene rings is 1. The van der Waals surface area contributed by atoms with Crippen molar-refractivity contribution in [2.75, 3.05) is 6.54 Å². The maximum Gasteiger partial charge on any atom is 0.246 e. The molecule has 1 aliphatic rings. The van der Waals surface area contributed by atoms with Crippen molar-refractivity contribution >= 4 is 21.4 Å². The first kappa shape index (κ1) is 15.6. The highest BCUT2D eigenvalue weighted by atomic mass is 32.2. The molecule has 1 atom stereocenters. The van der Waals surface area contributed by atoms with Crippen molar-refractivity contribution in [3.8, 4) is 0 Å². The molecule has 118 valence electrons. The monoisotopic (exact) mass is 339 g/mol. The van der Waals surface area contributed by atoms with Crippen molar-refractivity contribution in [2.45, 2.75) is 36.6 Å². The molecule has 0 bridgehead atoms. The summed E-state index contributed by atoms with van der Waals surface area (Å²) < 4.78 is 41.4. The summed E-state index contributed by atoms with van der Waals surface area (Å²) in [6.45, 7) is 0.444. The number of halogens is 1. The minimum absolute atomic E-state index is 0.188. The van der Waals surface area contributed by atoms with Crippen molar-refractivity contribution in [2.24, 2.45) is 0 Å². The molecule has 0 radical (unpaired) electrons. The Morgan fingerprint density at radius 2 is 1.91 bits per heavy atom. The molecule has 0 N–H and O–H groups in total. The van der Waals surface area contributed by atoms with Gasteiger partial charge in [-0.05, 0) is 36.4 Å². The largest absolute Gasteiger partial charge is 0.246 e. The van der Waals surface area contributed by atoms with E-state index in [1.165, 1.54) is 22.5 Å². The minimum Gasteiger partial charge on any atom is -0.207 e. The van der Waals surface area contributed by atoms with Crippen molar-refractivity contribution in [3.05, 3.63) is 52.5 Å². The molecule has 22 heavy (non-hydrogen) atoms. The highest BCUT2D eigenvalue weighted by molar-refractivity contribution is 7.89. The number of thiophene rings is 1. The number of nitrogens with zero attached hydrogens (tertiary/aromatic N) is 1. The summed E-state index contributed by atoms with van der Waals surface area (Å²) in [6.07, 6.45) is 3.60. The van der Waals surface area contributed by atoms with E-state index in [-0.39, 0.29) is 10.9 Å². The van der Waals surface area contributed by atoms with Gasteiger partial charge in [0.05, 0.1) is 6.04 Å². The van der Waals surface area contributed by atoms with E-state index in [0.29, 0.717) is 6.54 Å². The van der Waals surface area contributed by atoms with Crippen LogP contribution in [0, 0.1) is 5.82 Å². The number of hydrogen-bond donors (Lipinski definition) is 0. The SMILES string of the molecule is O=S(=O)(c1ccccc1F)N1CCCCC[C@H]1c1cccs1. The van der Waals surface area contributed by atoms with Crippen LogP contribution >= 0.6 is 11.3 Å². The Morgan fingerprint density at radius 1 is 1.09 bits per heavy atom. The zero-order chi connectivity index (χ0) is 15.6. The molecule has 0 amide bonds. The first-order valence-electron chi connectivity index (χ1n) is 7.40. The van der Waals surface area contributed by atoms with Gasteiger partial charge in [0, 0.05) is 11.4 Å². The lowest BCUT2D eigenvalue weighted by atomic mass is 10.1. The van der Waals surface area contributed by atoms with Crippen molar-refractivity contribution < 1.29 is 12.8 Å². The summed E-state index contributed by atoms with van der Waals surface area (Å²) >= 11 is 1.56. The van der Waals surface area contributed by atoms with E-state index >= 15 is 0 Å². The average molecular weight is 339 g/mol. The van der Waals surface area contributed by atoms with Crippen LogP contribution in [0.5, 0.6) is 0 Å². The van der Waals surface area contributed by atoms with Gasteiger partial charge in [-0.25, -0.2) is 12.8 Å². The highest BCUT2D eigenvalue weighted by Gasteiger charge is 2.35. The van der Waals surface area contributed by atoms with Crippen LogP contribution in [0.15, 0.2) is 46.7 Å². The maximum absolute atomic E-state index is 14.0. The summed E-state index contributed by atoms with van der Waals surface area (Å²) in [4.78, 5) is 0.806. The molecule has 1 aliphatic heterocycles. The molecule has 1 saturated heterocycles. The lowest BCUT2D eigenvalue weighted by Gasteiger charge is -2.28. The summed E-state index contributed by atoms with van der Waals surface area (Å²) in [7, 11) is -3.83. The molecule has 3 rings (SSSR count). The topological polar surface area (TPSA) is 37.4 Å². The quantitative estimate of drug-likeness (QED) is 0.841. The van der Waals surface area contributed by atoms with Gasteiger partial charge in [0.25, 0.3) is 0 Å².